The Morgan fingerprint density at radius 3 is 2.74 bits per heavy atom. The van der Waals surface area contributed by atoms with Gasteiger partial charge in [0.25, 0.3) is 0 Å². The molecule has 0 aliphatic carbocycles. The van der Waals surface area contributed by atoms with E-state index in [-0.39, 0.29) is 0 Å². The maximum absolute atomic E-state index is 4.20. The Morgan fingerprint density at radius 2 is 2.00 bits per heavy atom. The maximum atomic E-state index is 4.20. The first-order valence-corrected chi connectivity index (χ1v) is 7.31. The van der Waals surface area contributed by atoms with Crippen LogP contribution in [0.1, 0.15) is 5.56 Å². The van der Waals surface area contributed by atoms with Crippen molar-refractivity contribution in [2.24, 2.45) is 0 Å². The van der Waals surface area contributed by atoms with Gasteiger partial charge in [-0.1, -0.05) is 22.0 Å². The van der Waals surface area contributed by atoms with Crippen LogP contribution in [0.25, 0.3) is 0 Å². The number of halogens is 1. The molecule has 0 bridgehead atoms. The van der Waals surface area contributed by atoms with Crippen LogP contribution in [0.5, 0.6) is 0 Å². The lowest BCUT2D eigenvalue weighted by Gasteiger charge is -2.09. The van der Waals surface area contributed by atoms with Crippen molar-refractivity contribution in [3.05, 3.63) is 40.6 Å². The van der Waals surface area contributed by atoms with Crippen molar-refractivity contribution in [3.8, 4) is 0 Å². The summed E-state index contributed by atoms with van der Waals surface area (Å²) in [6, 6.07) is 7.96. The fourth-order valence-corrected chi connectivity index (χ4v) is 2.02. The third-order valence-electron chi connectivity index (χ3n) is 2.53. The molecule has 0 saturated carbocycles. The number of nitrogens with one attached hydrogen (secondary N) is 2. The molecule has 2 rings (SSSR count). The number of hydrogen-bond acceptors (Lipinski definition) is 5. The first kappa shape index (κ1) is 14.1. The summed E-state index contributed by atoms with van der Waals surface area (Å²) in [4.78, 5) is 8.34. The molecule has 0 spiro atoms. The van der Waals surface area contributed by atoms with E-state index < -0.39 is 0 Å². The van der Waals surface area contributed by atoms with E-state index >= 15 is 0 Å². The van der Waals surface area contributed by atoms with Crippen LogP contribution >= 0.6 is 28.6 Å². The van der Waals surface area contributed by atoms with E-state index in [0.717, 1.165) is 34.1 Å². The van der Waals surface area contributed by atoms with Crippen LogP contribution in [0, 0.1) is 6.92 Å². The monoisotopic (exact) mass is 338 g/mol. The third-order valence-corrected chi connectivity index (χ3v) is 3.61. The topological polar surface area (TPSA) is 49.8 Å². The minimum atomic E-state index is 0.757. The summed E-state index contributed by atoms with van der Waals surface area (Å²) in [7, 11) is 0. The molecule has 1 heterocycles. The van der Waals surface area contributed by atoms with Gasteiger partial charge in [-0.15, -0.1) is 0 Å². The Balaban J connectivity index is 2.11. The lowest BCUT2D eigenvalue weighted by Crippen LogP contribution is -2.05. The zero-order valence-corrected chi connectivity index (χ0v) is 13.0. The number of aryl methyl sites for hydroxylation is 1. The molecule has 0 aliphatic heterocycles. The molecule has 100 valence electrons. The van der Waals surface area contributed by atoms with Gasteiger partial charge in [-0.05, 0) is 24.6 Å². The Labute approximate surface area is 126 Å². The molecule has 0 radical (unpaired) electrons. The molecule has 1 aromatic carbocycles. The summed E-state index contributed by atoms with van der Waals surface area (Å²) in [5, 5.41) is 6.41. The van der Waals surface area contributed by atoms with Crippen molar-refractivity contribution in [1.82, 2.24) is 9.97 Å². The van der Waals surface area contributed by atoms with Crippen LogP contribution < -0.4 is 10.6 Å². The highest BCUT2D eigenvalue weighted by Crippen LogP contribution is 2.23. The largest absolute Gasteiger partial charge is 0.369 e. The van der Waals surface area contributed by atoms with Crippen LogP contribution in [0.4, 0.5) is 17.3 Å². The fraction of sp³-hybridized carbons (Fsp3) is 0.231. The quantitative estimate of drug-likeness (QED) is 0.728. The summed E-state index contributed by atoms with van der Waals surface area (Å²) in [5.41, 5.74) is 2.18. The number of thiol groups is 1. The van der Waals surface area contributed by atoms with Crippen LogP contribution in [0.15, 0.2) is 35.1 Å². The lowest BCUT2D eigenvalue weighted by molar-refractivity contribution is 1.12. The number of rotatable bonds is 5. The molecule has 0 aliphatic rings. The second-order valence-corrected chi connectivity index (χ2v) is 5.33. The summed E-state index contributed by atoms with van der Waals surface area (Å²) in [5.74, 6) is 2.31. The van der Waals surface area contributed by atoms with Crippen molar-refractivity contribution in [2.75, 3.05) is 22.9 Å². The molecule has 0 amide bonds. The number of hydrogen-bond donors (Lipinski definition) is 3. The first-order chi connectivity index (χ1) is 9.19. The molecular formula is C13H15BrN4S. The molecule has 0 unspecified atom stereocenters. The van der Waals surface area contributed by atoms with Crippen molar-refractivity contribution < 1.29 is 0 Å². The van der Waals surface area contributed by atoms with Crippen molar-refractivity contribution in [1.29, 1.82) is 0 Å². The van der Waals surface area contributed by atoms with Gasteiger partial charge in [0.1, 0.15) is 18.0 Å². The van der Waals surface area contributed by atoms with E-state index in [2.05, 4.69) is 56.1 Å². The van der Waals surface area contributed by atoms with E-state index in [1.165, 1.54) is 11.9 Å². The van der Waals surface area contributed by atoms with E-state index in [1.54, 1.807) is 0 Å². The molecule has 0 saturated heterocycles. The summed E-state index contributed by atoms with van der Waals surface area (Å²) in [6.45, 7) is 2.83. The van der Waals surface area contributed by atoms with Gasteiger partial charge >= 0.3 is 0 Å². The van der Waals surface area contributed by atoms with E-state index in [4.69, 9.17) is 0 Å². The van der Waals surface area contributed by atoms with Crippen LogP contribution in [0.2, 0.25) is 0 Å². The molecule has 1 aromatic heterocycles. The molecule has 0 fully saturated rings. The second-order valence-electron chi connectivity index (χ2n) is 4.03. The van der Waals surface area contributed by atoms with Crippen molar-refractivity contribution in [3.63, 3.8) is 0 Å². The Bertz CT molecular complexity index is 562. The lowest BCUT2D eigenvalue weighted by atomic mass is 10.2. The number of benzene rings is 1. The summed E-state index contributed by atoms with van der Waals surface area (Å²) < 4.78 is 1.07. The number of anilines is 3. The zero-order chi connectivity index (χ0) is 13.7. The summed E-state index contributed by atoms with van der Waals surface area (Å²) >= 11 is 7.67. The highest BCUT2D eigenvalue weighted by atomic mass is 79.9. The number of nitrogens with zero attached hydrogens (tertiary/aromatic N) is 2. The van der Waals surface area contributed by atoms with Crippen LogP contribution in [-0.2, 0) is 0 Å². The molecule has 6 heteroatoms. The Kier molecular flexibility index (Phi) is 5.04. The molecule has 0 atom stereocenters. The molecule has 4 nitrogen and oxygen atoms in total. The predicted octanol–water partition coefficient (Wildman–Crippen LogP) is 3.63. The third kappa shape index (κ3) is 4.11. The standard InChI is InChI=1S/C13H15BrN4S/c1-9-2-3-10(6-11(9)14)18-13-7-12(15-4-5-19)16-8-17-13/h2-3,6-8,19H,4-5H2,1H3,(H2,15,16,17,18). The SMILES string of the molecule is Cc1ccc(Nc2cc(NCCS)ncn2)cc1Br. The highest BCUT2D eigenvalue weighted by molar-refractivity contribution is 9.10. The Hall–Kier alpha value is -1.27. The molecule has 2 N–H and O–H groups in total. The van der Waals surface area contributed by atoms with Gasteiger partial charge in [0.05, 0.1) is 0 Å². The average Bonchev–Trinajstić information content (AvgIpc) is 2.41. The van der Waals surface area contributed by atoms with Gasteiger partial charge in [0.15, 0.2) is 0 Å². The summed E-state index contributed by atoms with van der Waals surface area (Å²) in [6.07, 6.45) is 1.53. The Morgan fingerprint density at radius 1 is 1.21 bits per heavy atom. The maximum Gasteiger partial charge on any atom is 0.135 e. The van der Waals surface area contributed by atoms with Gasteiger partial charge in [0.2, 0.25) is 0 Å². The molecule has 2 aromatic rings. The number of aromatic nitrogens is 2. The van der Waals surface area contributed by atoms with Gasteiger partial charge < -0.3 is 10.6 Å². The second kappa shape index (κ2) is 6.77. The molecule has 19 heavy (non-hydrogen) atoms. The smallest absolute Gasteiger partial charge is 0.135 e. The van der Waals surface area contributed by atoms with Gasteiger partial charge in [0, 0.05) is 28.5 Å². The minimum Gasteiger partial charge on any atom is -0.369 e. The first-order valence-electron chi connectivity index (χ1n) is 5.89. The van der Waals surface area contributed by atoms with Crippen LogP contribution in [-0.4, -0.2) is 22.3 Å². The fourth-order valence-electron chi connectivity index (χ4n) is 1.52. The van der Waals surface area contributed by atoms with Gasteiger partial charge in [-0.2, -0.15) is 12.6 Å². The van der Waals surface area contributed by atoms with E-state index in [9.17, 15) is 0 Å². The van der Waals surface area contributed by atoms with Crippen molar-refractivity contribution in [2.45, 2.75) is 6.92 Å². The zero-order valence-electron chi connectivity index (χ0n) is 10.5. The average molecular weight is 339 g/mol. The highest BCUT2D eigenvalue weighted by Gasteiger charge is 2.01. The van der Waals surface area contributed by atoms with E-state index in [1.807, 2.05) is 24.3 Å². The predicted molar refractivity (Wildman–Crippen MR) is 86.5 cm³/mol. The minimum absolute atomic E-state index is 0.757. The van der Waals surface area contributed by atoms with E-state index in [0.29, 0.717) is 0 Å². The normalized spacial score (nSPS) is 10.3. The van der Waals surface area contributed by atoms with Gasteiger partial charge in [-0.3, -0.25) is 0 Å². The van der Waals surface area contributed by atoms with Gasteiger partial charge in [-0.25, -0.2) is 9.97 Å². The van der Waals surface area contributed by atoms with Crippen molar-refractivity contribution >= 4 is 45.9 Å². The molecular weight excluding hydrogens is 324 g/mol. The van der Waals surface area contributed by atoms with Crippen LogP contribution in [0.3, 0.4) is 0 Å².